The largest absolute Gasteiger partial charge is 0.456 e. The Bertz CT molecular complexity index is 1430. The van der Waals surface area contributed by atoms with Crippen molar-refractivity contribution in [3.8, 4) is 11.5 Å². The Labute approximate surface area is 201 Å². The van der Waals surface area contributed by atoms with E-state index in [9.17, 15) is 14.0 Å². The van der Waals surface area contributed by atoms with Crippen molar-refractivity contribution in [3.05, 3.63) is 77.4 Å². The quantitative estimate of drug-likeness (QED) is 0.454. The van der Waals surface area contributed by atoms with Gasteiger partial charge in [0.1, 0.15) is 23.1 Å². The molecule has 1 saturated heterocycles. The molecule has 0 saturated carbocycles. The lowest BCUT2D eigenvalue weighted by molar-refractivity contribution is 0.0788. The zero-order valence-electron chi connectivity index (χ0n) is 19.4. The number of amides is 2. The van der Waals surface area contributed by atoms with Crippen LogP contribution >= 0.6 is 0 Å². The molecule has 2 amide bonds. The van der Waals surface area contributed by atoms with E-state index in [-0.39, 0.29) is 23.1 Å². The van der Waals surface area contributed by atoms with E-state index in [4.69, 9.17) is 4.74 Å². The fourth-order valence-corrected chi connectivity index (χ4v) is 4.11. The third kappa shape index (κ3) is 4.70. The van der Waals surface area contributed by atoms with Crippen molar-refractivity contribution in [2.75, 3.05) is 18.4 Å². The molecule has 2 aromatic heterocycles. The van der Waals surface area contributed by atoms with E-state index in [0.29, 0.717) is 41.1 Å². The van der Waals surface area contributed by atoms with E-state index in [2.05, 4.69) is 15.4 Å². The summed E-state index contributed by atoms with van der Waals surface area (Å²) in [5.74, 6) is -0.370. The van der Waals surface area contributed by atoms with Crippen LogP contribution in [-0.4, -0.2) is 44.6 Å². The predicted octanol–water partition coefficient (Wildman–Crippen LogP) is 4.70. The summed E-state index contributed by atoms with van der Waals surface area (Å²) < 4.78 is 22.4. The second-order valence-corrected chi connectivity index (χ2v) is 8.63. The van der Waals surface area contributed by atoms with Gasteiger partial charge in [-0.15, -0.1) is 0 Å². The SMILES string of the molecule is Cc1ccc(NC(=O)c2cc(Oc3ccc(C(=O)N4CCCC4)c(F)c3)c3cn(C)nc3c2)nc1. The first-order valence-corrected chi connectivity index (χ1v) is 11.4. The number of rotatable bonds is 5. The molecule has 0 unspecified atom stereocenters. The van der Waals surface area contributed by atoms with Crippen LogP contribution in [0.5, 0.6) is 11.5 Å². The first-order chi connectivity index (χ1) is 16.9. The van der Waals surface area contributed by atoms with Crippen LogP contribution in [0.3, 0.4) is 0 Å². The summed E-state index contributed by atoms with van der Waals surface area (Å²) in [6, 6.07) is 11.0. The number of benzene rings is 2. The molecule has 2 aromatic carbocycles. The topological polar surface area (TPSA) is 89.4 Å². The van der Waals surface area contributed by atoms with Gasteiger partial charge in [0, 0.05) is 44.2 Å². The van der Waals surface area contributed by atoms with Crippen molar-refractivity contribution in [1.82, 2.24) is 19.7 Å². The Morgan fingerprint density at radius 1 is 1.09 bits per heavy atom. The Morgan fingerprint density at radius 2 is 1.89 bits per heavy atom. The van der Waals surface area contributed by atoms with Crippen LogP contribution in [0.4, 0.5) is 10.2 Å². The molecule has 0 radical (unpaired) electrons. The second-order valence-electron chi connectivity index (χ2n) is 8.63. The maximum atomic E-state index is 14.8. The van der Waals surface area contributed by atoms with Gasteiger partial charge in [-0.3, -0.25) is 14.3 Å². The summed E-state index contributed by atoms with van der Waals surface area (Å²) in [5, 5.41) is 7.82. The summed E-state index contributed by atoms with van der Waals surface area (Å²) in [5.41, 5.74) is 1.86. The number of anilines is 1. The van der Waals surface area contributed by atoms with Crippen LogP contribution in [0.25, 0.3) is 10.9 Å². The predicted molar refractivity (Wildman–Crippen MR) is 129 cm³/mol. The van der Waals surface area contributed by atoms with E-state index < -0.39 is 5.82 Å². The minimum Gasteiger partial charge on any atom is -0.456 e. The molecule has 1 aliphatic heterocycles. The number of ether oxygens (including phenoxy) is 1. The lowest BCUT2D eigenvalue weighted by atomic mass is 10.1. The Hall–Kier alpha value is -4.27. The normalized spacial score (nSPS) is 13.3. The van der Waals surface area contributed by atoms with Crippen molar-refractivity contribution in [2.45, 2.75) is 19.8 Å². The standard InChI is InChI=1S/C26H24FN5O3/c1-16-5-8-24(28-14-16)29-25(33)17-11-22-20(15-31(2)30-22)23(12-17)35-18-6-7-19(21(27)13-18)26(34)32-9-3-4-10-32/h5-8,11-15H,3-4,9-10H2,1-2H3,(H,28,29,33). The third-order valence-corrected chi connectivity index (χ3v) is 5.91. The number of carbonyl (C=O) groups is 2. The number of nitrogens with zero attached hydrogens (tertiary/aromatic N) is 4. The molecular weight excluding hydrogens is 449 g/mol. The first-order valence-electron chi connectivity index (χ1n) is 11.4. The number of hydrogen-bond donors (Lipinski definition) is 1. The smallest absolute Gasteiger partial charge is 0.257 e. The van der Waals surface area contributed by atoms with E-state index in [1.54, 1.807) is 53.3 Å². The van der Waals surface area contributed by atoms with Crippen LogP contribution in [-0.2, 0) is 7.05 Å². The molecule has 4 aromatic rings. The fourth-order valence-electron chi connectivity index (χ4n) is 4.11. The van der Waals surface area contributed by atoms with Crippen LogP contribution in [0.2, 0.25) is 0 Å². The van der Waals surface area contributed by atoms with E-state index in [1.165, 1.54) is 12.1 Å². The van der Waals surface area contributed by atoms with Crippen molar-refractivity contribution >= 4 is 28.5 Å². The maximum absolute atomic E-state index is 14.8. The molecule has 1 aliphatic rings. The number of pyridine rings is 1. The Balaban J connectivity index is 1.43. The molecule has 1 N–H and O–H groups in total. The van der Waals surface area contributed by atoms with Crippen molar-refractivity contribution in [2.24, 2.45) is 7.05 Å². The minimum absolute atomic E-state index is 0.0181. The molecule has 0 aliphatic carbocycles. The van der Waals surface area contributed by atoms with Gasteiger partial charge >= 0.3 is 0 Å². The molecule has 0 atom stereocenters. The van der Waals surface area contributed by atoms with Gasteiger partial charge in [0.15, 0.2) is 0 Å². The summed E-state index contributed by atoms with van der Waals surface area (Å²) in [4.78, 5) is 31.4. The fraction of sp³-hybridized carbons (Fsp3) is 0.231. The van der Waals surface area contributed by atoms with Gasteiger partial charge in [-0.1, -0.05) is 6.07 Å². The zero-order chi connectivity index (χ0) is 24.5. The number of halogens is 1. The molecule has 9 heteroatoms. The second kappa shape index (κ2) is 9.17. The molecule has 1 fully saturated rings. The molecule has 5 rings (SSSR count). The molecule has 178 valence electrons. The molecule has 0 bridgehead atoms. The van der Waals surface area contributed by atoms with E-state index in [0.717, 1.165) is 18.4 Å². The van der Waals surface area contributed by atoms with Crippen molar-refractivity contribution in [3.63, 3.8) is 0 Å². The summed E-state index contributed by atoms with van der Waals surface area (Å²) in [6.45, 7) is 3.19. The molecule has 8 nitrogen and oxygen atoms in total. The summed E-state index contributed by atoms with van der Waals surface area (Å²) in [7, 11) is 1.76. The average molecular weight is 474 g/mol. The zero-order valence-corrected chi connectivity index (χ0v) is 19.4. The highest BCUT2D eigenvalue weighted by atomic mass is 19.1. The van der Waals surface area contributed by atoms with Crippen LogP contribution in [0.15, 0.2) is 54.9 Å². The summed E-state index contributed by atoms with van der Waals surface area (Å²) in [6.07, 6.45) is 5.29. The number of likely N-dealkylation sites (tertiary alicyclic amines) is 1. The van der Waals surface area contributed by atoms with Gasteiger partial charge in [-0.05, 0) is 55.7 Å². The first kappa shape index (κ1) is 22.5. The third-order valence-electron chi connectivity index (χ3n) is 5.91. The minimum atomic E-state index is -0.652. The van der Waals surface area contributed by atoms with Gasteiger partial charge in [-0.25, -0.2) is 9.37 Å². The van der Waals surface area contributed by atoms with Gasteiger partial charge in [0.2, 0.25) is 0 Å². The Kier molecular flexibility index (Phi) is 5.90. The number of nitrogens with one attached hydrogen (secondary N) is 1. The lowest BCUT2D eigenvalue weighted by Gasteiger charge is -2.16. The van der Waals surface area contributed by atoms with Crippen LogP contribution in [0.1, 0.15) is 39.1 Å². The van der Waals surface area contributed by atoms with Crippen molar-refractivity contribution in [1.29, 1.82) is 0 Å². The number of aryl methyl sites for hydroxylation is 2. The molecule has 35 heavy (non-hydrogen) atoms. The van der Waals surface area contributed by atoms with E-state index >= 15 is 0 Å². The van der Waals surface area contributed by atoms with Crippen molar-refractivity contribution < 1.29 is 18.7 Å². The number of carbonyl (C=O) groups excluding carboxylic acids is 2. The highest BCUT2D eigenvalue weighted by Crippen LogP contribution is 2.32. The Morgan fingerprint density at radius 3 is 2.60 bits per heavy atom. The maximum Gasteiger partial charge on any atom is 0.257 e. The van der Waals surface area contributed by atoms with Crippen LogP contribution < -0.4 is 10.1 Å². The van der Waals surface area contributed by atoms with Crippen LogP contribution in [0, 0.1) is 12.7 Å². The van der Waals surface area contributed by atoms with Gasteiger partial charge in [-0.2, -0.15) is 5.10 Å². The monoisotopic (exact) mass is 473 g/mol. The highest BCUT2D eigenvalue weighted by molar-refractivity contribution is 6.06. The number of fused-ring (bicyclic) bond motifs is 1. The number of aromatic nitrogens is 3. The average Bonchev–Trinajstić information content (AvgIpc) is 3.50. The molecule has 3 heterocycles. The lowest BCUT2D eigenvalue weighted by Crippen LogP contribution is -2.28. The molecular formula is C26H24FN5O3. The van der Waals surface area contributed by atoms with Gasteiger partial charge < -0.3 is 15.0 Å². The highest BCUT2D eigenvalue weighted by Gasteiger charge is 2.23. The van der Waals surface area contributed by atoms with E-state index in [1.807, 2.05) is 13.0 Å². The van der Waals surface area contributed by atoms with Gasteiger partial charge in [0.25, 0.3) is 11.8 Å². The number of hydrogen-bond acceptors (Lipinski definition) is 5. The molecule has 0 spiro atoms. The summed E-state index contributed by atoms with van der Waals surface area (Å²) >= 11 is 0. The van der Waals surface area contributed by atoms with Gasteiger partial charge in [0.05, 0.1) is 16.5 Å².